The van der Waals surface area contributed by atoms with Crippen LogP contribution in [0.2, 0.25) is 0 Å². The van der Waals surface area contributed by atoms with Gasteiger partial charge in [0.1, 0.15) is 0 Å². The number of nitrogens with zero attached hydrogens (tertiary/aromatic N) is 2. The number of aryl methyl sites for hydroxylation is 1. The van der Waals surface area contributed by atoms with Gasteiger partial charge in [-0.2, -0.15) is 0 Å². The van der Waals surface area contributed by atoms with Crippen LogP contribution in [-0.4, -0.2) is 46.0 Å². The summed E-state index contributed by atoms with van der Waals surface area (Å²) in [6.45, 7) is 7.35. The van der Waals surface area contributed by atoms with Crippen molar-refractivity contribution in [3.63, 3.8) is 0 Å². The molecule has 0 bridgehead atoms. The number of urea groups is 1. The predicted octanol–water partition coefficient (Wildman–Crippen LogP) is 3.23. The van der Waals surface area contributed by atoms with Gasteiger partial charge in [0.05, 0.1) is 6.54 Å². The molecule has 1 aliphatic carbocycles. The minimum atomic E-state index is -0.892. The molecule has 0 aromatic heterocycles. The molecule has 4 amide bonds. The Morgan fingerprint density at radius 1 is 0.926 bits per heavy atom. The zero-order chi connectivity index (χ0) is 19.9. The van der Waals surface area contributed by atoms with Gasteiger partial charge in [-0.25, -0.2) is 9.69 Å². The van der Waals surface area contributed by atoms with Gasteiger partial charge in [0.25, 0.3) is 0 Å². The van der Waals surface area contributed by atoms with Crippen LogP contribution in [-0.2, 0) is 9.59 Å². The van der Waals surface area contributed by atoms with E-state index in [1.165, 1.54) is 0 Å². The van der Waals surface area contributed by atoms with Gasteiger partial charge in [-0.15, -0.1) is 0 Å². The van der Waals surface area contributed by atoms with E-state index in [0.717, 1.165) is 64.2 Å². The monoisotopic (exact) mass is 370 g/mol. The van der Waals surface area contributed by atoms with E-state index < -0.39 is 24.4 Å². The van der Waals surface area contributed by atoms with Crippen LogP contribution in [0.3, 0.4) is 0 Å². The molecule has 0 radical (unpaired) electrons. The molecule has 27 heavy (non-hydrogen) atoms. The Bertz CT molecular complexity index is 837. The molecule has 0 unspecified atom stereocenters. The predicted molar refractivity (Wildman–Crippen MR) is 101 cm³/mol. The fourth-order valence-electron chi connectivity index (χ4n) is 4.05. The van der Waals surface area contributed by atoms with E-state index in [2.05, 4.69) is 0 Å². The number of benzene rings is 1. The molecule has 6 nitrogen and oxygen atoms in total. The van der Waals surface area contributed by atoms with Gasteiger partial charge in [0.15, 0.2) is 5.78 Å². The van der Waals surface area contributed by atoms with E-state index in [0.29, 0.717) is 5.56 Å². The molecule has 0 spiro atoms. The summed E-state index contributed by atoms with van der Waals surface area (Å²) in [5.41, 5.74) is 4.48. The number of amides is 4. The van der Waals surface area contributed by atoms with Crippen LogP contribution in [0.4, 0.5) is 4.79 Å². The second-order valence-corrected chi connectivity index (χ2v) is 7.68. The molecule has 1 heterocycles. The number of carbonyl (C=O) groups is 4. The zero-order valence-corrected chi connectivity index (χ0v) is 16.4. The molecule has 1 aromatic rings. The lowest BCUT2D eigenvalue weighted by Gasteiger charge is -2.28. The highest BCUT2D eigenvalue weighted by Crippen LogP contribution is 2.27. The summed E-state index contributed by atoms with van der Waals surface area (Å²) in [7, 11) is 0. The third-order valence-corrected chi connectivity index (χ3v) is 6.11. The molecular formula is C21H26N2O4. The maximum Gasteiger partial charge on any atom is 0.334 e. The van der Waals surface area contributed by atoms with Crippen molar-refractivity contribution in [3.05, 3.63) is 33.9 Å². The molecule has 2 aliphatic rings. The normalized spacial score (nSPS) is 18.6. The van der Waals surface area contributed by atoms with Crippen LogP contribution in [0, 0.1) is 27.7 Å². The summed E-state index contributed by atoms with van der Waals surface area (Å²) in [5.74, 6) is -2.01. The van der Waals surface area contributed by atoms with Crippen molar-refractivity contribution in [2.24, 2.45) is 0 Å². The van der Waals surface area contributed by atoms with Crippen molar-refractivity contribution in [2.75, 3.05) is 6.54 Å². The second kappa shape index (κ2) is 7.25. The van der Waals surface area contributed by atoms with E-state index in [-0.39, 0.29) is 11.8 Å². The summed E-state index contributed by atoms with van der Waals surface area (Å²) >= 11 is 0. The minimum Gasteiger partial charge on any atom is -0.292 e. The Kier molecular flexibility index (Phi) is 5.18. The average Bonchev–Trinajstić information content (AvgIpc) is 2.87. The maximum absolute atomic E-state index is 12.8. The fourth-order valence-corrected chi connectivity index (χ4v) is 4.05. The van der Waals surface area contributed by atoms with Crippen LogP contribution >= 0.6 is 0 Å². The maximum atomic E-state index is 12.8. The van der Waals surface area contributed by atoms with Gasteiger partial charge >= 0.3 is 17.8 Å². The van der Waals surface area contributed by atoms with Crippen molar-refractivity contribution < 1.29 is 19.2 Å². The molecule has 3 rings (SSSR count). The topological polar surface area (TPSA) is 74.8 Å². The van der Waals surface area contributed by atoms with Gasteiger partial charge in [0, 0.05) is 11.6 Å². The molecule has 0 atom stereocenters. The number of hydrogen-bond donors (Lipinski definition) is 0. The molecule has 144 valence electrons. The first-order chi connectivity index (χ1) is 12.7. The largest absolute Gasteiger partial charge is 0.334 e. The molecule has 0 N–H and O–H groups in total. The van der Waals surface area contributed by atoms with Crippen molar-refractivity contribution in [1.82, 2.24) is 9.80 Å². The fraction of sp³-hybridized carbons (Fsp3) is 0.524. The molecule has 1 aliphatic heterocycles. The Balaban J connectivity index is 1.83. The Labute approximate surface area is 159 Å². The summed E-state index contributed by atoms with van der Waals surface area (Å²) in [6.07, 6.45) is 4.41. The van der Waals surface area contributed by atoms with Crippen LogP contribution in [0.1, 0.15) is 64.7 Å². The summed E-state index contributed by atoms with van der Waals surface area (Å²) in [5, 5.41) is 0. The molecular weight excluding hydrogens is 344 g/mol. The third kappa shape index (κ3) is 3.29. The van der Waals surface area contributed by atoms with Crippen LogP contribution in [0.5, 0.6) is 0 Å². The Morgan fingerprint density at radius 3 is 2.19 bits per heavy atom. The van der Waals surface area contributed by atoms with E-state index in [1.54, 1.807) is 6.07 Å². The Morgan fingerprint density at radius 2 is 1.56 bits per heavy atom. The highest BCUT2D eigenvalue weighted by atomic mass is 16.2. The summed E-state index contributed by atoms with van der Waals surface area (Å²) in [6, 6.07) is 0.919. The van der Waals surface area contributed by atoms with Crippen LogP contribution in [0.15, 0.2) is 6.07 Å². The first-order valence-corrected chi connectivity index (χ1v) is 9.53. The highest BCUT2D eigenvalue weighted by Gasteiger charge is 2.48. The number of hydrogen-bond acceptors (Lipinski definition) is 4. The second-order valence-electron chi connectivity index (χ2n) is 7.68. The summed E-state index contributed by atoms with van der Waals surface area (Å²) < 4.78 is 0. The lowest BCUT2D eigenvalue weighted by Crippen LogP contribution is -2.43. The van der Waals surface area contributed by atoms with Crippen molar-refractivity contribution in [2.45, 2.75) is 65.8 Å². The smallest absolute Gasteiger partial charge is 0.292 e. The van der Waals surface area contributed by atoms with Gasteiger partial charge in [-0.1, -0.05) is 19.3 Å². The molecule has 1 aromatic carbocycles. The molecule has 1 saturated heterocycles. The number of carbonyl (C=O) groups excluding carboxylic acids is 4. The zero-order valence-electron chi connectivity index (χ0n) is 16.4. The number of rotatable bonds is 4. The highest BCUT2D eigenvalue weighted by molar-refractivity contribution is 6.45. The van der Waals surface area contributed by atoms with E-state index in [1.807, 2.05) is 27.7 Å². The first kappa shape index (κ1) is 19.3. The third-order valence-electron chi connectivity index (χ3n) is 6.11. The van der Waals surface area contributed by atoms with Gasteiger partial charge in [-0.3, -0.25) is 19.3 Å². The SMILES string of the molecule is Cc1cc(C(=O)CN2C(=O)C(=O)N(C3CCCCC3)C2=O)c(C)c(C)c1C. The molecule has 2 fully saturated rings. The van der Waals surface area contributed by atoms with Gasteiger partial charge < -0.3 is 0 Å². The van der Waals surface area contributed by atoms with Gasteiger partial charge in [-0.05, 0) is 68.9 Å². The lowest BCUT2D eigenvalue weighted by molar-refractivity contribution is -0.144. The number of imide groups is 2. The van der Waals surface area contributed by atoms with Crippen LogP contribution < -0.4 is 0 Å². The van der Waals surface area contributed by atoms with Crippen molar-refractivity contribution in [1.29, 1.82) is 0 Å². The standard InChI is InChI=1S/C21H26N2O4/c1-12-10-17(15(4)14(3)13(12)2)18(24)11-22-19(25)20(26)23(21(22)27)16-8-6-5-7-9-16/h10,16H,5-9,11H2,1-4H3. The Hall–Kier alpha value is -2.50. The lowest BCUT2D eigenvalue weighted by atomic mass is 9.92. The van der Waals surface area contributed by atoms with E-state index >= 15 is 0 Å². The quantitative estimate of drug-likeness (QED) is 0.463. The van der Waals surface area contributed by atoms with Crippen LogP contribution in [0.25, 0.3) is 0 Å². The number of ketones is 1. The van der Waals surface area contributed by atoms with Crippen molar-refractivity contribution in [3.8, 4) is 0 Å². The molecule has 1 saturated carbocycles. The molecule has 6 heteroatoms. The first-order valence-electron chi connectivity index (χ1n) is 9.53. The van der Waals surface area contributed by atoms with Gasteiger partial charge in [0.2, 0.25) is 0 Å². The number of Topliss-reactive ketones (excluding diaryl/α,β-unsaturated/α-hetero) is 1. The van der Waals surface area contributed by atoms with E-state index in [4.69, 9.17) is 0 Å². The van der Waals surface area contributed by atoms with E-state index in [9.17, 15) is 19.2 Å². The average molecular weight is 370 g/mol. The summed E-state index contributed by atoms with van der Waals surface area (Å²) in [4.78, 5) is 52.2. The minimum absolute atomic E-state index is 0.228. The van der Waals surface area contributed by atoms with Crippen molar-refractivity contribution >= 4 is 23.6 Å².